The highest BCUT2D eigenvalue weighted by Gasteiger charge is 2.14. The lowest BCUT2D eigenvalue weighted by molar-refractivity contribution is 0.195. The van der Waals surface area contributed by atoms with Gasteiger partial charge >= 0.3 is 0 Å². The highest BCUT2D eigenvalue weighted by atomic mass is 16.5. The van der Waals surface area contributed by atoms with Crippen molar-refractivity contribution in [2.75, 3.05) is 26.9 Å². The Labute approximate surface area is 110 Å². The molecule has 1 aromatic heterocycles. The molecule has 0 aliphatic heterocycles. The molecule has 0 aromatic carbocycles. The van der Waals surface area contributed by atoms with Crippen LogP contribution in [0.1, 0.15) is 32.3 Å². The summed E-state index contributed by atoms with van der Waals surface area (Å²) in [5.41, 5.74) is 1.19. The molecule has 0 bridgehead atoms. The van der Waals surface area contributed by atoms with Crippen molar-refractivity contribution in [3.63, 3.8) is 0 Å². The first kappa shape index (κ1) is 14.9. The Balaban J connectivity index is 2.58. The Bertz CT molecular complexity index is 344. The molecule has 2 unspecified atom stereocenters. The van der Waals surface area contributed by atoms with E-state index in [4.69, 9.17) is 9.47 Å². The van der Waals surface area contributed by atoms with Gasteiger partial charge in [0.1, 0.15) is 5.75 Å². The van der Waals surface area contributed by atoms with E-state index >= 15 is 0 Å². The molecule has 0 aliphatic rings. The van der Waals surface area contributed by atoms with Gasteiger partial charge in [-0.2, -0.15) is 0 Å². The van der Waals surface area contributed by atoms with Gasteiger partial charge in [-0.1, -0.05) is 6.92 Å². The fourth-order valence-corrected chi connectivity index (χ4v) is 1.78. The van der Waals surface area contributed by atoms with Crippen molar-refractivity contribution in [3.05, 3.63) is 24.0 Å². The molecule has 18 heavy (non-hydrogen) atoms. The third-order valence-corrected chi connectivity index (χ3v) is 3.09. The van der Waals surface area contributed by atoms with Crippen LogP contribution in [0.25, 0.3) is 0 Å². The summed E-state index contributed by atoms with van der Waals surface area (Å²) in [7, 11) is 1.71. The Hall–Kier alpha value is -1.13. The number of hydrogen-bond acceptors (Lipinski definition) is 4. The maximum atomic E-state index is 5.47. The zero-order chi connectivity index (χ0) is 13.4. The summed E-state index contributed by atoms with van der Waals surface area (Å²) in [6.45, 7) is 8.60. The second kappa shape index (κ2) is 8.06. The molecule has 0 fully saturated rings. The number of rotatable bonds is 8. The maximum Gasteiger partial charge on any atom is 0.137 e. The second-order valence-electron chi connectivity index (χ2n) is 4.41. The van der Waals surface area contributed by atoms with Crippen LogP contribution in [0.2, 0.25) is 0 Å². The monoisotopic (exact) mass is 252 g/mol. The molecule has 0 amide bonds. The molecule has 1 N–H and O–H groups in total. The Morgan fingerprint density at radius 1 is 1.33 bits per heavy atom. The molecule has 2 atom stereocenters. The van der Waals surface area contributed by atoms with Crippen molar-refractivity contribution in [2.45, 2.75) is 32.7 Å². The third kappa shape index (κ3) is 4.63. The van der Waals surface area contributed by atoms with Gasteiger partial charge in [0.15, 0.2) is 0 Å². The molecule has 4 nitrogen and oxygen atoms in total. The second-order valence-corrected chi connectivity index (χ2v) is 4.41. The average Bonchev–Trinajstić information content (AvgIpc) is 2.39. The van der Waals surface area contributed by atoms with Gasteiger partial charge in [-0.25, -0.2) is 0 Å². The lowest BCUT2D eigenvalue weighted by Gasteiger charge is -2.21. The molecule has 0 radical (unpaired) electrons. The fourth-order valence-electron chi connectivity index (χ4n) is 1.78. The van der Waals surface area contributed by atoms with E-state index in [1.54, 1.807) is 13.3 Å². The molecule has 0 aliphatic carbocycles. The summed E-state index contributed by atoms with van der Waals surface area (Å²) in [6, 6.07) is 2.44. The van der Waals surface area contributed by atoms with E-state index in [2.05, 4.69) is 30.2 Å². The van der Waals surface area contributed by atoms with E-state index in [-0.39, 0.29) is 0 Å². The highest BCUT2D eigenvalue weighted by Crippen LogP contribution is 2.22. The van der Waals surface area contributed by atoms with Crippen LogP contribution in [0.5, 0.6) is 5.75 Å². The maximum absolute atomic E-state index is 5.47. The summed E-state index contributed by atoms with van der Waals surface area (Å²) < 4.78 is 10.5. The minimum atomic E-state index is 0.374. The van der Waals surface area contributed by atoms with Gasteiger partial charge in [0.05, 0.1) is 19.4 Å². The van der Waals surface area contributed by atoms with E-state index < -0.39 is 0 Å². The van der Waals surface area contributed by atoms with E-state index in [1.807, 2.05) is 13.1 Å². The van der Waals surface area contributed by atoms with Gasteiger partial charge in [-0.3, -0.25) is 4.98 Å². The average molecular weight is 252 g/mol. The van der Waals surface area contributed by atoms with E-state index in [0.29, 0.717) is 18.6 Å². The Kier molecular flexibility index (Phi) is 6.68. The van der Waals surface area contributed by atoms with Crippen LogP contribution in [0.3, 0.4) is 0 Å². The zero-order valence-corrected chi connectivity index (χ0v) is 11.8. The molecule has 0 saturated carbocycles. The van der Waals surface area contributed by atoms with Crippen molar-refractivity contribution < 1.29 is 9.47 Å². The molecule has 1 rings (SSSR count). The summed E-state index contributed by atoms with van der Waals surface area (Å²) in [5, 5.41) is 3.44. The Morgan fingerprint density at radius 2 is 2.11 bits per heavy atom. The minimum absolute atomic E-state index is 0.374. The zero-order valence-electron chi connectivity index (χ0n) is 11.8. The van der Waals surface area contributed by atoms with Crippen LogP contribution >= 0.6 is 0 Å². The predicted molar refractivity (Wildman–Crippen MR) is 73.2 cm³/mol. The minimum Gasteiger partial charge on any atom is -0.492 e. The third-order valence-electron chi connectivity index (χ3n) is 3.09. The number of pyridine rings is 1. The first-order valence-electron chi connectivity index (χ1n) is 6.49. The lowest BCUT2D eigenvalue weighted by Crippen LogP contribution is -2.33. The van der Waals surface area contributed by atoms with Crippen molar-refractivity contribution in [1.82, 2.24) is 10.3 Å². The number of methoxy groups -OCH3 is 1. The van der Waals surface area contributed by atoms with Gasteiger partial charge < -0.3 is 14.8 Å². The number of nitrogens with zero attached hydrogens (tertiary/aromatic N) is 1. The number of hydrogen-bond donors (Lipinski definition) is 1. The molecule has 102 valence electrons. The molecule has 1 aromatic rings. The molecule has 0 spiro atoms. The van der Waals surface area contributed by atoms with Crippen LogP contribution in [-0.2, 0) is 4.74 Å². The molecular formula is C14H24N2O2. The first-order chi connectivity index (χ1) is 8.69. The van der Waals surface area contributed by atoms with Gasteiger partial charge in [0, 0.05) is 25.9 Å². The highest BCUT2D eigenvalue weighted by molar-refractivity contribution is 5.26. The van der Waals surface area contributed by atoms with E-state index in [9.17, 15) is 0 Å². The number of ether oxygens (including phenoxy) is 2. The first-order valence-corrected chi connectivity index (χ1v) is 6.49. The predicted octanol–water partition coefficient (Wildman–Crippen LogP) is 2.21. The molecule has 1 heterocycles. The molecular weight excluding hydrogens is 228 g/mol. The Morgan fingerprint density at radius 3 is 2.78 bits per heavy atom. The van der Waals surface area contributed by atoms with E-state index in [0.717, 1.165) is 18.9 Å². The van der Waals surface area contributed by atoms with E-state index in [1.165, 1.54) is 5.56 Å². The lowest BCUT2D eigenvalue weighted by atomic mass is 9.96. The van der Waals surface area contributed by atoms with Crippen LogP contribution in [0, 0.1) is 0 Å². The van der Waals surface area contributed by atoms with Gasteiger partial charge in [0.25, 0.3) is 0 Å². The van der Waals surface area contributed by atoms with Crippen LogP contribution in [-0.4, -0.2) is 37.9 Å². The summed E-state index contributed by atoms with van der Waals surface area (Å²) in [5.74, 6) is 1.22. The SMILES string of the molecule is CCOc1cncc(C(C)C(C)NCCOC)c1. The van der Waals surface area contributed by atoms with Crippen molar-refractivity contribution in [1.29, 1.82) is 0 Å². The molecule has 4 heteroatoms. The van der Waals surface area contributed by atoms with Crippen LogP contribution in [0.4, 0.5) is 0 Å². The summed E-state index contributed by atoms with van der Waals surface area (Å²) in [4.78, 5) is 4.23. The topological polar surface area (TPSA) is 43.4 Å². The van der Waals surface area contributed by atoms with Gasteiger partial charge in [-0.15, -0.1) is 0 Å². The van der Waals surface area contributed by atoms with Crippen molar-refractivity contribution >= 4 is 0 Å². The van der Waals surface area contributed by atoms with Crippen molar-refractivity contribution in [3.8, 4) is 5.75 Å². The standard InChI is InChI=1S/C14H24N2O2/c1-5-18-14-8-13(9-15-10-14)11(2)12(3)16-6-7-17-4/h8-12,16H,5-7H2,1-4H3. The summed E-state index contributed by atoms with van der Waals surface area (Å²) >= 11 is 0. The normalized spacial score (nSPS) is 14.2. The van der Waals surface area contributed by atoms with Gasteiger partial charge in [0.2, 0.25) is 0 Å². The number of nitrogens with one attached hydrogen (secondary N) is 1. The quantitative estimate of drug-likeness (QED) is 0.720. The van der Waals surface area contributed by atoms with Crippen LogP contribution in [0.15, 0.2) is 18.5 Å². The van der Waals surface area contributed by atoms with Gasteiger partial charge in [-0.05, 0) is 31.4 Å². The smallest absolute Gasteiger partial charge is 0.137 e. The fraction of sp³-hybridized carbons (Fsp3) is 0.643. The molecule has 0 saturated heterocycles. The number of aromatic nitrogens is 1. The van der Waals surface area contributed by atoms with Crippen molar-refractivity contribution in [2.24, 2.45) is 0 Å². The van der Waals surface area contributed by atoms with Crippen LogP contribution < -0.4 is 10.1 Å². The summed E-state index contributed by atoms with van der Waals surface area (Å²) in [6.07, 6.45) is 3.66. The largest absolute Gasteiger partial charge is 0.492 e.